The highest BCUT2D eigenvalue weighted by Gasteiger charge is 2.17. The molecule has 1 amide bonds. The van der Waals surface area contributed by atoms with E-state index in [2.05, 4.69) is 18.0 Å². The lowest BCUT2D eigenvalue weighted by Gasteiger charge is -1.98. The molecule has 0 saturated carbocycles. The molecule has 2 heteroatoms. The third-order valence-corrected chi connectivity index (χ3v) is 1.88. The highest BCUT2D eigenvalue weighted by molar-refractivity contribution is 5.78. The minimum atomic E-state index is 0.161. The lowest BCUT2D eigenvalue weighted by atomic mass is 10.2. The molecule has 0 spiro atoms. The van der Waals surface area contributed by atoms with Gasteiger partial charge in [-0.2, -0.15) is 0 Å². The van der Waals surface area contributed by atoms with Crippen LogP contribution in [0.3, 0.4) is 0 Å². The van der Waals surface area contributed by atoms with Crippen molar-refractivity contribution >= 4 is 5.91 Å². The Hall–Kier alpha value is -1.01. The average Bonchev–Trinajstić information content (AvgIpc) is 2.45. The highest BCUT2D eigenvalue weighted by atomic mass is 16.1. The standard InChI is InChI=1S/C10H15NO/c1-2-3-4-5-6-9-7-8-10(12)11-9/h4,6,9H,2-3,7-8H2,1H3,(H,11,12)/t5?,9-/m1/s1. The van der Waals surface area contributed by atoms with Crippen LogP contribution in [0.25, 0.3) is 0 Å². The summed E-state index contributed by atoms with van der Waals surface area (Å²) in [5, 5.41) is 2.85. The molecule has 1 fully saturated rings. The van der Waals surface area contributed by atoms with Crippen molar-refractivity contribution in [3.63, 3.8) is 0 Å². The van der Waals surface area contributed by atoms with E-state index < -0.39 is 0 Å². The number of nitrogens with one attached hydrogen (secondary N) is 1. The lowest BCUT2D eigenvalue weighted by molar-refractivity contribution is -0.119. The Kier molecular flexibility index (Phi) is 3.62. The predicted octanol–water partition coefficient (Wildman–Crippen LogP) is 1.78. The van der Waals surface area contributed by atoms with Crippen molar-refractivity contribution in [3.8, 4) is 0 Å². The van der Waals surface area contributed by atoms with Crippen LogP contribution in [-0.2, 0) is 4.79 Å². The molecule has 1 rings (SSSR count). The van der Waals surface area contributed by atoms with E-state index in [1.807, 2.05) is 12.2 Å². The summed E-state index contributed by atoms with van der Waals surface area (Å²) in [5.74, 6) is 0.161. The first-order valence-corrected chi connectivity index (χ1v) is 4.53. The Morgan fingerprint density at radius 2 is 2.58 bits per heavy atom. The maximum absolute atomic E-state index is 10.8. The van der Waals surface area contributed by atoms with Crippen LogP contribution in [0.1, 0.15) is 32.6 Å². The number of amides is 1. The van der Waals surface area contributed by atoms with Crippen molar-refractivity contribution in [2.24, 2.45) is 0 Å². The van der Waals surface area contributed by atoms with Gasteiger partial charge in [0.15, 0.2) is 0 Å². The number of hydrogen-bond donors (Lipinski definition) is 1. The van der Waals surface area contributed by atoms with Crippen molar-refractivity contribution in [1.29, 1.82) is 0 Å². The molecule has 1 saturated heterocycles. The molecular formula is C10H15NO. The maximum atomic E-state index is 10.8. The van der Waals surface area contributed by atoms with Crippen LogP contribution < -0.4 is 5.32 Å². The first kappa shape index (κ1) is 9.08. The molecule has 1 aliphatic rings. The fraction of sp³-hybridized carbons (Fsp3) is 0.600. The quantitative estimate of drug-likeness (QED) is 0.634. The molecule has 1 atom stereocenters. The van der Waals surface area contributed by atoms with Gasteiger partial charge in [0.25, 0.3) is 0 Å². The molecule has 0 aromatic heterocycles. The topological polar surface area (TPSA) is 29.1 Å². The number of unbranched alkanes of at least 4 members (excludes halogenated alkanes) is 1. The summed E-state index contributed by atoms with van der Waals surface area (Å²) in [5.41, 5.74) is 3.08. The van der Waals surface area contributed by atoms with Gasteiger partial charge in [0, 0.05) is 6.42 Å². The van der Waals surface area contributed by atoms with Gasteiger partial charge in [-0.3, -0.25) is 4.79 Å². The third-order valence-electron chi connectivity index (χ3n) is 1.88. The van der Waals surface area contributed by atoms with E-state index in [1.54, 1.807) is 0 Å². The van der Waals surface area contributed by atoms with E-state index in [0.29, 0.717) is 6.42 Å². The van der Waals surface area contributed by atoms with Crippen molar-refractivity contribution in [3.05, 3.63) is 17.9 Å². The summed E-state index contributed by atoms with van der Waals surface area (Å²) in [4.78, 5) is 10.8. The molecule has 12 heavy (non-hydrogen) atoms. The van der Waals surface area contributed by atoms with Gasteiger partial charge in [0.05, 0.1) is 6.04 Å². The molecule has 0 radical (unpaired) electrons. The molecule has 66 valence electrons. The smallest absolute Gasteiger partial charge is 0.220 e. The van der Waals surface area contributed by atoms with E-state index in [-0.39, 0.29) is 11.9 Å². The largest absolute Gasteiger partial charge is 0.349 e. The molecule has 1 N–H and O–H groups in total. The van der Waals surface area contributed by atoms with Crippen molar-refractivity contribution in [2.75, 3.05) is 0 Å². The Morgan fingerprint density at radius 1 is 1.75 bits per heavy atom. The molecule has 0 aliphatic carbocycles. The SMILES string of the molecule is CCCC=C=C[C@@H]1CCC(=O)N1. The molecule has 1 aliphatic heterocycles. The van der Waals surface area contributed by atoms with Gasteiger partial charge < -0.3 is 5.32 Å². The molecule has 1 heterocycles. The molecule has 0 aromatic rings. The number of rotatable bonds is 3. The Morgan fingerprint density at radius 3 is 3.17 bits per heavy atom. The van der Waals surface area contributed by atoms with Gasteiger partial charge in [0.1, 0.15) is 0 Å². The zero-order valence-electron chi connectivity index (χ0n) is 7.47. The molecular weight excluding hydrogens is 150 g/mol. The fourth-order valence-corrected chi connectivity index (χ4v) is 1.17. The summed E-state index contributed by atoms with van der Waals surface area (Å²) in [6.07, 6.45) is 7.77. The number of carbonyl (C=O) groups excluding carboxylic acids is 1. The average molecular weight is 165 g/mol. The molecule has 0 aromatic carbocycles. The van der Waals surface area contributed by atoms with Crippen LogP contribution in [-0.4, -0.2) is 11.9 Å². The summed E-state index contributed by atoms with van der Waals surface area (Å²) >= 11 is 0. The highest BCUT2D eigenvalue weighted by Crippen LogP contribution is 2.06. The van der Waals surface area contributed by atoms with Crippen LogP contribution in [0, 0.1) is 0 Å². The zero-order chi connectivity index (χ0) is 8.81. The normalized spacial score (nSPS) is 21.4. The first-order chi connectivity index (χ1) is 5.83. The number of carbonyl (C=O) groups is 1. The van der Waals surface area contributed by atoms with Crippen molar-refractivity contribution in [2.45, 2.75) is 38.6 Å². The second kappa shape index (κ2) is 4.78. The zero-order valence-corrected chi connectivity index (χ0v) is 7.47. The minimum absolute atomic E-state index is 0.161. The van der Waals surface area contributed by atoms with Crippen molar-refractivity contribution in [1.82, 2.24) is 5.32 Å². The van der Waals surface area contributed by atoms with E-state index in [9.17, 15) is 4.79 Å². The van der Waals surface area contributed by atoms with Crippen LogP contribution in [0.4, 0.5) is 0 Å². The predicted molar refractivity (Wildman–Crippen MR) is 48.7 cm³/mol. The second-order valence-corrected chi connectivity index (χ2v) is 3.04. The van der Waals surface area contributed by atoms with Gasteiger partial charge in [-0.15, -0.1) is 5.73 Å². The second-order valence-electron chi connectivity index (χ2n) is 3.04. The van der Waals surface area contributed by atoms with Crippen molar-refractivity contribution < 1.29 is 4.79 Å². The van der Waals surface area contributed by atoms with E-state index in [4.69, 9.17) is 0 Å². The first-order valence-electron chi connectivity index (χ1n) is 4.53. The van der Waals surface area contributed by atoms with Gasteiger partial charge in [-0.05, 0) is 25.0 Å². The van der Waals surface area contributed by atoms with E-state index in [0.717, 1.165) is 19.3 Å². The summed E-state index contributed by atoms with van der Waals surface area (Å²) in [6, 6.07) is 0.227. The fourth-order valence-electron chi connectivity index (χ4n) is 1.17. The Balaban J connectivity index is 2.31. The van der Waals surface area contributed by atoms with Crippen LogP contribution in [0.15, 0.2) is 17.9 Å². The molecule has 0 bridgehead atoms. The summed E-state index contributed by atoms with van der Waals surface area (Å²) in [6.45, 7) is 2.13. The Bertz CT molecular complexity index is 214. The monoisotopic (exact) mass is 165 g/mol. The summed E-state index contributed by atoms with van der Waals surface area (Å²) < 4.78 is 0. The maximum Gasteiger partial charge on any atom is 0.220 e. The van der Waals surface area contributed by atoms with Gasteiger partial charge in [-0.25, -0.2) is 0 Å². The summed E-state index contributed by atoms with van der Waals surface area (Å²) in [7, 11) is 0. The van der Waals surface area contributed by atoms with E-state index in [1.165, 1.54) is 0 Å². The lowest BCUT2D eigenvalue weighted by Crippen LogP contribution is -2.22. The van der Waals surface area contributed by atoms with Gasteiger partial charge in [0.2, 0.25) is 5.91 Å². The van der Waals surface area contributed by atoms with Crippen LogP contribution in [0.2, 0.25) is 0 Å². The van der Waals surface area contributed by atoms with Crippen LogP contribution >= 0.6 is 0 Å². The Labute approximate surface area is 73.4 Å². The third kappa shape index (κ3) is 2.93. The van der Waals surface area contributed by atoms with Crippen LogP contribution in [0.5, 0.6) is 0 Å². The van der Waals surface area contributed by atoms with Gasteiger partial charge >= 0.3 is 0 Å². The number of hydrogen-bond acceptors (Lipinski definition) is 1. The van der Waals surface area contributed by atoms with Gasteiger partial charge in [-0.1, -0.05) is 13.3 Å². The minimum Gasteiger partial charge on any atom is -0.349 e. The molecule has 2 nitrogen and oxygen atoms in total. The van der Waals surface area contributed by atoms with E-state index >= 15 is 0 Å². The molecule has 0 unspecified atom stereocenters.